The van der Waals surface area contributed by atoms with Crippen LogP contribution in [0, 0.1) is 23.3 Å². The molecule has 0 aliphatic carbocycles. The van der Waals surface area contributed by atoms with Gasteiger partial charge in [0.2, 0.25) is 0 Å². The maximum atomic E-state index is 13.8. The fourth-order valence-corrected chi connectivity index (χ4v) is 6.73. The molecule has 2 N–H and O–H groups in total. The Morgan fingerprint density at radius 3 is 2.32 bits per heavy atom. The van der Waals surface area contributed by atoms with Gasteiger partial charge in [-0.05, 0) is 12.1 Å². The van der Waals surface area contributed by atoms with Crippen molar-refractivity contribution >= 4 is 11.8 Å². The van der Waals surface area contributed by atoms with Crippen molar-refractivity contribution in [2.45, 2.75) is 47.5 Å². The predicted molar refractivity (Wildman–Crippen MR) is 144 cm³/mol. The number of ether oxygens (including phenoxy) is 3. The van der Waals surface area contributed by atoms with Gasteiger partial charge in [-0.2, -0.15) is 0 Å². The highest BCUT2D eigenvalue weighted by Gasteiger charge is 2.45. The molecule has 2 fully saturated rings. The number of aromatic nitrogens is 8. The Hall–Kier alpha value is -3.55. The second-order valence-corrected chi connectivity index (χ2v) is 11.6. The molecule has 0 spiro atoms. The minimum Gasteiger partial charge on any atom is -0.394 e. The van der Waals surface area contributed by atoms with Gasteiger partial charge >= 0.3 is 0 Å². The first-order valence-electron chi connectivity index (χ1n) is 13.4. The van der Waals surface area contributed by atoms with Crippen LogP contribution in [0.5, 0.6) is 0 Å². The number of methoxy groups -OCH3 is 1. The summed E-state index contributed by atoms with van der Waals surface area (Å²) in [6, 6.07) is 0.480. The van der Waals surface area contributed by atoms with Crippen molar-refractivity contribution in [2.75, 3.05) is 26.9 Å². The largest absolute Gasteiger partial charge is 0.394 e. The van der Waals surface area contributed by atoms with Crippen LogP contribution in [0.1, 0.15) is 18.5 Å². The van der Waals surface area contributed by atoms with Gasteiger partial charge in [0.1, 0.15) is 29.0 Å². The zero-order chi connectivity index (χ0) is 31.0. The highest BCUT2D eigenvalue weighted by atomic mass is 32.2. The first-order valence-corrected chi connectivity index (χ1v) is 14.4. The summed E-state index contributed by atoms with van der Waals surface area (Å²) in [6.45, 7) is -0.0108. The Balaban J connectivity index is 1.20. The lowest BCUT2D eigenvalue weighted by Gasteiger charge is -2.43. The highest BCUT2D eigenvalue weighted by molar-refractivity contribution is 8.00. The number of aliphatic hydroxyl groups excluding tert-OH is 2. The lowest BCUT2D eigenvalue weighted by molar-refractivity contribution is -0.130. The van der Waals surface area contributed by atoms with Gasteiger partial charge in [0.25, 0.3) is 0 Å². The van der Waals surface area contributed by atoms with Crippen LogP contribution in [-0.2, 0) is 14.2 Å². The first-order chi connectivity index (χ1) is 21.2. The number of rotatable bonds is 8. The Kier molecular flexibility index (Phi) is 8.88. The fourth-order valence-electron chi connectivity index (χ4n) is 5.20. The van der Waals surface area contributed by atoms with Crippen molar-refractivity contribution < 1.29 is 42.0 Å². The summed E-state index contributed by atoms with van der Waals surface area (Å²) in [5.74, 6) is -4.72. The molecule has 13 nitrogen and oxygen atoms in total. The van der Waals surface area contributed by atoms with Crippen LogP contribution in [0.15, 0.2) is 36.9 Å². The molecule has 0 radical (unpaired) electrons. The van der Waals surface area contributed by atoms with Gasteiger partial charge < -0.3 is 24.4 Å². The smallest absolute Gasteiger partial charge is 0.194 e. The van der Waals surface area contributed by atoms with E-state index in [9.17, 15) is 27.8 Å². The molecule has 0 unspecified atom stereocenters. The number of halogens is 4. The Morgan fingerprint density at radius 1 is 0.977 bits per heavy atom. The lowest BCUT2D eigenvalue weighted by atomic mass is 10.0. The van der Waals surface area contributed by atoms with Crippen LogP contribution >= 0.6 is 11.8 Å². The summed E-state index contributed by atoms with van der Waals surface area (Å²) >= 11 is 1.25. The third-order valence-electron chi connectivity index (χ3n) is 7.44. The number of benzene rings is 1. The van der Waals surface area contributed by atoms with Crippen LogP contribution in [0.3, 0.4) is 0 Å². The molecule has 18 heteroatoms. The Bertz CT molecular complexity index is 1570. The molecule has 2 saturated heterocycles. The summed E-state index contributed by atoms with van der Waals surface area (Å²) in [5.41, 5.74) is -0.334. The quantitative estimate of drug-likeness (QED) is 0.214. The average molecular weight is 639 g/mol. The van der Waals surface area contributed by atoms with E-state index < -0.39 is 64.4 Å². The molecule has 234 valence electrons. The maximum Gasteiger partial charge on any atom is 0.194 e. The summed E-state index contributed by atoms with van der Waals surface area (Å²) < 4.78 is 75.0. The van der Waals surface area contributed by atoms with E-state index in [0.717, 1.165) is 24.5 Å². The summed E-state index contributed by atoms with van der Waals surface area (Å²) in [4.78, 5) is 7.80. The fraction of sp³-hybridized carbons (Fsp3) is 0.462. The topological polar surface area (TPSA) is 155 Å². The van der Waals surface area contributed by atoms with E-state index in [1.165, 1.54) is 40.6 Å². The van der Waals surface area contributed by atoms with E-state index in [0.29, 0.717) is 0 Å². The van der Waals surface area contributed by atoms with Crippen molar-refractivity contribution in [2.24, 2.45) is 0 Å². The molecule has 7 atom stereocenters. The van der Waals surface area contributed by atoms with E-state index >= 15 is 0 Å². The molecule has 1 aromatic carbocycles. The average Bonchev–Trinajstić information content (AvgIpc) is 3.72. The van der Waals surface area contributed by atoms with Gasteiger partial charge in [-0.3, -0.25) is 0 Å². The van der Waals surface area contributed by atoms with E-state index in [2.05, 4.69) is 30.6 Å². The number of thioether (sulfide) groups is 1. The second-order valence-electron chi connectivity index (χ2n) is 10.2. The maximum absolute atomic E-state index is 13.8. The molecule has 4 aromatic rings. The molecular weight excluding hydrogens is 612 g/mol. The van der Waals surface area contributed by atoms with Crippen LogP contribution in [0.2, 0.25) is 0 Å². The van der Waals surface area contributed by atoms with E-state index in [-0.39, 0.29) is 49.0 Å². The minimum absolute atomic E-state index is 0.00547. The van der Waals surface area contributed by atoms with Gasteiger partial charge in [0, 0.05) is 19.1 Å². The van der Waals surface area contributed by atoms with Crippen molar-refractivity contribution in [1.82, 2.24) is 40.0 Å². The SMILES string of the molecule is CO[C@H]1[C@H](S[C@@H]2COC[C@H](n3cc(-c4ncc(F)cn4)nn3)[C@H]2O)O[C@@H](CO)C[C@@H]1n1cc(-c2cc(F)c(F)c(F)c2)nn1. The van der Waals surface area contributed by atoms with Gasteiger partial charge in [-0.15, -0.1) is 22.0 Å². The molecule has 3 aromatic heterocycles. The number of nitrogens with zero attached hydrogens (tertiary/aromatic N) is 8. The van der Waals surface area contributed by atoms with Crippen molar-refractivity contribution in [3.05, 3.63) is 60.2 Å². The summed E-state index contributed by atoms with van der Waals surface area (Å²) in [6.07, 6.45) is 2.99. The Labute approximate surface area is 251 Å². The number of aliphatic hydroxyl groups is 2. The molecular formula is C26H26F4N8O5S. The van der Waals surface area contributed by atoms with Gasteiger partial charge in [0.15, 0.2) is 29.1 Å². The van der Waals surface area contributed by atoms with Gasteiger partial charge in [-0.25, -0.2) is 36.9 Å². The normalized spacial score (nSPS) is 27.5. The van der Waals surface area contributed by atoms with Crippen molar-refractivity contribution in [3.63, 3.8) is 0 Å². The molecule has 0 amide bonds. The monoisotopic (exact) mass is 638 g/mol. The molecule has 6 rings (SSSR count). The Morgan fingerprint density at radius 2 is 1.64 bits per heavy atom. The molecule has 44 heavy (non-hydrogen) atoms. The van der Waals surface area contributed by atoms with Crippen LogP contribution in [0.4, 0.5) is 17.6 Å². The predicted octanol–water partition coefficient (Wildman–Crippen LogP) is 1.95. The zero-order valence-corrected chi connectivity index (χ0v) is 23.8. The zero-order valence-electron chi connectivity index (χ0n) is 23.0. The molecule has 0 saturated carbocycles. The summed E-state index contributed by atoms with van der Waals surface area (Å²) in [7, 11) is 1.47. The highest BCUT2D eigenvalue weighted by Crippen LogP contribution is 2.41. The third-order valence-corrected chi connectivity index (χ3v) is 8.85. The molecule has 5 heterocycles. The number of hydrogen-bond acceptors (Lipinski definition) is 12. The van der Waals surface area contributed by atoms with Gasteiger partial charge in [0.05, 0.1) is 68.1 Å². The standard InChI is InChI=1S/C26H26F4N8O5S/c1-41-24-19(37-7-17(33-35-37)12-2-15(28)22(30)16(29)3-12)4-14(9-39)43-26(24)44-21-11-42-10-20(23(21)40)38-8-18(34-36-38)25-31-5-13(27)6-32-25/h2-3,5-8,14,19-21,23-24,26,39-40H,4,9-11H2,1H3/t14-,19+,20+,21-,23-,24-,26+/m1/s1. The van der Waals surface area contributed by atoms with Gasteiger partial charge in [-0.1, -0.05) is 10.4 Å². The van der Waals surface area contributed by atoms with E-state index in [1.54, 1.807) is 0 Å². The minimum atomic E-state index is -1.59. The van der Waals surface area contributed by atoms with Crippen LogP contribution in [-0.4, -0.2) is 106 Å². The van der Waals surface area contributed by atoms with E-state index in [1.807, 2.05) is 0 Å². The lowest BCUT2D eigenvalue weighted by Crippen LogP contribution is -2.50. The van der Waals surface area contributed by atoms with Crippen molar-refractivity contribution in [1.29, 1.82) is 0 Å². The second kappa shape index (κ2) is 12.8. The number of hydrogen-bond donors (Lipinski definition) is 2. The van der Waals surface area contributed by atoms with Crippen molar-refractivity contribution in [3.8, 4) is 22.8 Å². The van der Waals surface area contributed by atoms with Crippen LogP contribution in [0.25, 0.3) is 22.8 Å². The molecule has 0 bridgehead atoms. The summed E-state index contributed by atoms with van der Waals surface area (Å²) in [5, 5.41) is 37.1. The third kappa shape index (κ3) is 6.04. The molecule has 2 aliphatic rings. The molecule has 2 aliphatic heterocycles. The first kappa shape index (κ1) is 30.5. The van der Waals surface area contributed by atoms with E-state index in [4.69, 9.17) is 14.2 Å². The van der Waals surface area contributed by atoms with Crippen LogP contribution < -0.4 is 0 Å².